The first-order valence-electron chi connectivity index (χ1n) is 10.2. The average Bonchev–Trinajstić information content (AvgIpc) is 3.18. The van der Waals surface area contributed by atoms with Crippen molar-refractivity contribution in [2.45, 2.75) is 58.0 Å². The summed E-state index contributed by atoms with van der Waals surface area (Å²) in [6.45, 7) is 5.39. The first-order valence-corrected chi connectivity index (χ1v) is 10.2. The molecule has 0 saturated carbocycles. The van der Waals surface area contributed by atoms with E-state index in [2.05, 4.69) is 4.98 Å². The Hall–Kier alpha value is -3.04. The number of nitrogens with zero attached hydrogens (tertiary/aromatic N) is 3. The van der Waals surface area contributed by atoms with E-state index in [1.54, 1.807) is 45.0 Å². The largest absolute Gasteiger partial charge is 0.497 e. The molecule has 1 fully saturated rings. The smallest absolute Gasteiger partial charge is 0.438 e. The van der Waals surface area contributed by atoms with E-state index in [4.69, 9.17) is 9.47 Å². The summed E-state index contributed by atoms with van der Waals surface area (Å²) < 4.78 is 52.3. The average molecular weight is 453 g/mol. The van der Waals surface area contributed by atoms with Crippen LogP contribution in [0.4, 0.5) is 18.0 Å². The molecule has 0 N–H and O–H groups in total. The molecule has 1 atom stereocenters. The fourth-order valence-corrected chi connectivity index (χ4v) is 3.56. The Morgan fingerprint density at radius 1 is 1.19 bits per heavy atom. The van der Waals surface area contributed by atoms with Gasteiger partial charge in [0.25, 0.3) is 5.56 Å². The molecule has 32 heavy (non-hydrogen) atoms. The summed E-state index contributed by atoms with van der Waals surface area (Å²) in [7, 11) is 1.50. The summed E-state index contributed by atoms with van der Waals surface area (Å²) in [4.78, 5) is 30.2. The summed E-state index contributed by atoms with van der Waals surface area (Å²) >= 11 is 0. The fourth-order valence-electron chi connectivity index (χ4n) is 3.56. The topological polar surface area (TPSA) is 73.7 Å². The van der Waals surface area contributed by atoms with Crippen LogP contribution in [0.25, 0.3) is 0 Å². The van der Waals surface area contributed by atoms with Crippen LogP contribution in [-0.4, -0.2) is 39.8 Å². The number of amides is 1. The molecule has 10 heteroatoms. The highest BCUT2D eigenvalue weighted by molar-refractivity contribution is 5.69. The number of carbonyl (C=O) groups is 1. The number of alkyl halides is 3. The van der Waals surface area contributed by atoms with E-state index in [0.29, 0.717) is 30.7 Å². The predicted molar refractivity (Wildman–Crippen MR) is 111 cm³/mol. The summed E-state index contributed by atoms with van der Waals surface area (Å²) in [6, 6.07) is 5.94. The van der Waals surface area contributed by atoms with Crippen molar-refractivity contribution in [3.05, 3.63) is 57.8 Å². The van der Waals surface area contributed by atoms with Gasteiger partial charge in [-0.15, -0.1) is 0 Å². The van der Waals surface area contributed by atoms with Crippen molar-refractivity contribution in [1.29, 1.82) is 0 Å². The second kappa shape index (κ2) is 8.84. The molecular formula is C22H26F3N3O4. The number of methoxy groups -OCH3 is 1. The Kier molecular flexibility index (Phi) is 6.52. The van der Waals surface area contributed by atoms with Crippen molar-refractivity contribution in [3.8, 4) is 5.75 Å². The number of carbonyl (C=O) groups excluding carboxylic acids is 1. The molecule has 2 heterocycles. The number of benzene rings is 1. The molecule has 0 radical (unpaired) electrons. The number of rotatable bonds is 4. The third kappa shape index (κ3) is 5.41. The lowest BCUT2D eigenvalue weighted by molar-refractivity contribution is -0.142. The zero-order valence-electron chi connectivity index (χ0n) is 18.4. The van der Waals surface area contributed by atoms with Crippen LogP contribution in [0.1, 0.15) is 56.6 Å². The zero-order chi connectivity index (χ0) is 23.7. The lowest BCUT2D eigenvalue weighted by Gasteiger charge is -2.28. The van der Waals surface area contributed by atoms with Crippen LogP contribution in [0, 0.1) is 0 Å². The Morgan fingerprint density at radius 3 is 2.41 bits per heavy atom. The minimum atomic E-state index is -4.93. The molecule has 1 aliphatic heterocycles. The molecule has 0 bridgehead atoms. The number of likely N-dealkylation sites (tertiary alicyclic amines) is 1. The van der Waals surface area contributed by atoms with Gasteiger partial charge in [-0.05, 0) is 51.3 Å². The van der Waals surface area contributed by atoms with E-state index >= 15 is 0 Å². The fraction of sp³-hybridized carbons (Fsp3) is 0.500. The van der Waals surface area contributed by atoms with Crippen LogP contribution in [-0.2, 0) is 17.5 Å². The minimum absolute atomic E-state index is 0.00814. The molecular weight excluding hydrogens is 427 g/mol. The molecule has 174 valence electrons. The van der Waals surface area contributed by atoms with Gasteiger partial charge in [0.1, 0.15) is 11.4 Å². The van der Waals surface area contributed by atoms with E-state index in [1.807, 2.05) is 0 Å². The van der Waals surface area contributed by atoms with Crippen LogP contribution in [0.15, 0.2) is 35.3 Å². The van der Waals surface area contributed by atoms with Crippen LogP contribution in [0.5, 0.6) is 5.75 Å². The molecule has 2 aromatic rings. The Balaban J connectivity index is 2.00. The first-order chi connectivity index (χ1) is 14.9. The standard InChI is InChI=1S/C22H26F3N3O4/c1-21(2,3)32-20(30)28-11-5-6-17(28)16-13-27(19(29)18(26-16)22(23,24)25)12-14-7-9-15(31-4)10-8-14/h7-10,13,17H,5-6,11-12H2,1-4H3. The molecule has 1 amide bonds. The Bertz CT molecular complexity index is 1030. The molecule has 0 aliphatic carbocycles. The molecule has 3 rings (SSSR count). The number of hydrogen-bond donors (Lipinski definition) is 0. The van der Waals surface area contributed by atoms with Crippen LogP contribution >= 0.6 is 0 Å². The number of hydrogen-bond acceptors (Lipinski definition) is 5. The highest BCUT2D eigenvalue weighted by atomic mass is 19.4. The van der Waals surface area contributed by atoms with Gasteiger partial charge in [-0.25, -0.2) is 9.78 Å². The second-order valence-electron chi connectivity index (χ2n) is 8.63. The third-order valence-corrected chi connectivity index (χ3v) is 5.00. The molecule has 1 aliphatic rings. The van der Waals surface area contributed by atoms with Crippen LogP contribution in [0.3, 0.4) is 0 Å². The SMILES string of the molecule is COc1ccc(Cn2cc(C3CCCN3C(=O)OC(C)(C)C)nc(C(F)(F)F)c2=O)cc1. The van der Waals surface area contributed by atoms with Gasteiger partial charge in [0, 0.05) is 12.7 Å². The van der Waals surface area contributed by atoms with Gasteiger partial charge in [-0.3, -0.25) is 9.69 Å². The maximum absolute atomic E-state index is 13.6. The monoisotopic (exact) mass is 453 g/mol. The van der Waals surface area contributed by atoms with E-state index < -0.39 is 35.2 Å². The summed E-state index contributed by atoms with van der Waals surface area (Å²) in [6.07, 6.45) is -3.24. The quantitative estimate of drug-likeness (QED) is 0.687. The Labute approximate surface area is 183 Å². The van der Waals surface area contributed by atoms with Crippen LogP contribution in [0.2, 0.25) is 0 Å². The van der Waals surface area contributed by atoms with Crippen molar-refractivity contribution >= 4 is 6.09 Å². The normalized spacial score (nSPS) is 16.8. The van der Waals surface area contributed by atoms with Gasteiger partial charge in [0.05, 0.1) is 25.4 Å². The van der Waals surface area contributed by atoms with Gasteiger partial charge < -0.3 is 14.0 Å². The van der Waals surface area contributed by atoms with Gasteiger partial charge in [0.2, 0.25) is 5.69 Å². The number of ether oxygens (including phenoxy) is 2. The summed E-state index contributed by atoms with van der Waals surface area (Å²) in [5.41, 5.74) is -2.86. The molecule has 1 aromatic carbocycles. The van der Waals surface area contributed by atoms with E-state index in [0.717, 1.165) is 4.57 Å². The summed E-state index contributed by atoms with van der Waals surface area (Å²) in [5.74, 6) is 0.589. The molecule has 1 unspecified atom stereocenters. The lowest BCUT2D eigenvalue weighted by Crippen LogP contribution is -2.38. The highest BCUT2D eigenvalue weighted by Crippen LogP contribution is 2.34. The number of aromatic nitrogens is 2. The van der Waals surface area contributed by atoms with Crippen molar-refractivity contribution in [3.63, 3.8) is 0 Å². The molecule has 1 aromatic heterocycles. The van der Waals surface area contributed by atoms with Crippen molar-refractivity contribution in [1.82, 2.24) is 14.5 Å². The highest BCUT2D eigenvalue weighted by Gasteiger charge is 2.40. The van der Waals surface area contributed by atoms with E-state index in [-0.39, 0.29) is 12.2 Å². The van der Waals surface area contributed by atoms with Gasteiger partial charge >= 0.3 is 12.3 Å². The molecule has 7 nitrogen and oxygen atoms in total. The van der Waals surface area contributed by atoms with Gasteiger partial charge in [0.15, 0.2) is 0 Å². The van der Waals surface area contributed by atoms with Crippen LogP contribution < -0.4 is 10.3 Å². The van der Waals surface area contributed by atoms with Gasteiger partial charge in [-0.1, -0.05) is 12.1 Å². The number of halogens is 3. The Morgan fingerprint density at radius 2 is 1.84 bits per heavy atom. The van der Waals surface area contributed by atoms with Crippen molar-refractivity contribution in [2.24, 2.45) is 0 Å². The van der Waals surface area contributed by atoms with Gasteiger partial charge in [-0.2, -0.15) is 13.2 Å². The maximum Gasteiger partial charge on any atom is 0.438 e. The predicted octanol–water partition coefficient (Wildman–Crippen LogP) is 4.39. The van der Waals surface area contributed by atoms with E-state index in [9.17, 15) is 22.8 Å². The summed E-state index contributed by atoms with van der Waals surface area (Å²) in [5, 5.41) is 0. The zero-order valence-corrected chi connectivity index (χ0v) is 18.4. The second-order valence-corrected chi connectivity index (χ2v) is 8.63. The third-order valence-electron chi connectivity index (χ3n) is 5.00. The van der Waals surface area contributed by atoms with Crippen molar-refractivity contribution in [2.75, 3.05) is 13.7 Å². The minimum Gasteiger partial charge on any atom is -0.497 e. The first kappa shape index (κ1) is 23.6. The molecule has 0 spiro atoms. The lowest BCUT2D eigenvalue weighted by atomic mass is 10.1. The van der Waals surface area contributed by atoms with E-state index in [1.165, 1.54) is 18.2 Å². The van der Waals surface area contributed by atoms with Crippen molar-refractivity contribution < 1.29 is 27.4 Å². The molecule has 1 saturated heterocycles. The maximum atomic E-state index is 13.6.